The van der Waals surface area contributed by atoms with E-state index >= 15 is 0 Å². The zero-order valence-corrected chi connectivity index (χ0v) is 19.3. The number of hydrogen-bond acceptors (Lipinski definition) is 8. The quantitative estimate of drug-likeness (QED) is 0.293. The van der Waals surface area contributed by atoms with Gasteiger partial charge in [0.25, 0.3) is 0 Å². The van der Waals surface area contributed by atoms with Gasteiger partial charge in [-0.05, 0) is 33.3 Å². The van der Waals surface area contributed by atoms with Crippen LogP contribution in [0.5, 0.6) is 11.5 Å². The van der Waals surface area contributed by atoms with Gasteiger partial charge in [0.2, 0.25) is 0 Å². The van der Waals surface area contributed by atoms with Gasteiger partial charge in [-0.15, -0.1) is 0 Å². The first kappa shape index (κ1) is 24.3. The topological polar surface area (TPSA) is 77.5 Å². The fourth-order valence-electron chi connectivity index (χ4n) is 3.06. The highest BCUT2D eigenvalue weighted by Gasteiger charge is 2.33. The Hall–Kier alpha value is -1.97. The molecule has 0 saturated carbocycles. The lowest BCUT2D eigenvalue weighted by molar-refractivity contribution is -0.143. The standard InChI is InChI=1S/C21H32N2O6S/c1-6-27-18(24)11-13-23(12-8-14-26-5)30-22(4)20(25)28-17-10-7-9-16-15-21(2,3)29-19(16)17/h7,9-10H,6,8,11-15H2,1-5H3. The molecule has 2 rings (SSSR count). The van der Waals surface area contributed by atoms with Crippen molar-refractivity contribution < 1.29 is 28.5 Å². The molecule has 1 aromatic carbocycles. The number of fused-ring (bicyclic) bond motifs is 1. The van der Waals surface area contributed by atoms with Gasteiger partial charge >= 0.3 is 12.1 Å². The molecular formula is C21H32N2O6S. The van der Waals surface area contributed by atoms with Gasteiger partial charge in [0.1, 0.15) is 5.60 Å². The first-order chi connectivity index (χ1) is 14.3. The van der Waals surface area contributed by atoms with E-state index in [1.54, 1.807) is 27.1 Å². The molecule has 0 aromatic heterocycles. The Bertz CT molecular complexity index is 727. The Morgan fingerprint density at radius 2 is 2.03 bits per heavy atom. The number of hydrogen-bond donors (Lipinski definition) is 0. The highest BCUT2D eigenvalue weighted by atomic mass is 32.2. The summed E-state index contributed by atoms with van der Waals surface area (Å²) < 4.78 is 25.0. The van der Waals surface area contributed by atoms with E-state index in [0.717, 1.165) is 18.4 Å². The van der Waals surface area contributed by atoms with E-state index in [0.29, 0.717) is 37.8 Å². The summed E-state index contributed by atoms with van der Waals surface area (Å²) in [6.07, 6.45) is 1.25. The van der Waals surface area contributed by atoms with Crippen molar-refractivity contribution in [3.8, 4) is 11.5 Å². The summed E-state index contributed by atoms with van der Waals surface area (Å²) in [6.45, 7) is 7.81. The number of para-hydroxylation sites is 1. The summed E-state index contributed by atoms with van der Waals surface area (Å²) in [6, 6.07) is 5.57. The second-order valence-corrected chi connectivity index (χ2v) is 8.79. The van der Waals surface area contributed by atoms with E-state index in [1.807, 2.05) is 30.3 Å². The second-order valence-electron chi connectivity index (χ2n) is 7.56. The molecule has 0 saturated heterocycles. The minimum Gasteiger partial charge on any atom is -0.483 e. The summed E-state index contributed by atoms with van der Waals surface area (Å²) in [5.74, 6) is 0.765. The van der Waals surface area contributed by atoms with Crippen LogP contribution in [-0.4, -0.2) is 66.7 Å². The number of benzene rings is 1. The van der Waals surface area contributed by atoms with Gasteiger partial charge in [-0.2, -0.15) is 0 Å². The molecule has 0 N–H and O–H groups in total. The first-order valence-electron chi connectivity index (χ1n) is 10.1. The summed E-state index contributed by atoms with van der Waals surface area (Å²) >= 11 is 1.20. The molecule has 0 atom stereocenters. The maximum Gasteiger partial charge on any atom is 0.426 e. The van der Waals surface area contributed by atoms with E-state index in [9.17, 15) is 9.59 Å². The van der Waals surface area contributed by atoms with E-state index in [-0.39, 0.29) is 18.0 Å². The highest BCUT2D eigenvalue weighted by Crippen LogP contribution is 2.42. The Balaban J connectivity index is 1.96. The summed E-state index contributed by atoms with van der Waals surface area (Å²) in [7, 11) is 3.27. The molecule has 168 valence electrons. The minimum absolute atomic E-state index is 0.242. The predicted molar refractivity (Wildman–Crippen MR) is 116 cm³/mol. The SMILES string of the molecule is CCOC(=O)CCN(CCCOC)SN(C)C(=O)Oc1cccc2c1OC(C)(C)C2. The minimum atomic E-state index is -0.519. The van der Waals surface area contributed by atoms with Crippen LogP contribution in [0.2, 0.25) is 0 Å². The molecular weight excluding hydrogens is 408 g/mol. The lowest BCUT2D eigenvalue weighted by Gasteiger charge is -2.25. The number of carbonyl (C=O) groups is 2. The molecule has 0 spiro atoms. The molecule has 1 aliphatic heterocycles. The molecule has 1 amide bonds. The molecule has 9 heteroatoms. The zero-order valence-electron chi connectivity index (χ0n) is 18.4. The molecule has 30 heavy (non-hydrogen) atoms. The van der Waals surface area contributed by atoms with Crippen LogP contribution in [0.3, 0.4) is 0 Å². The highest BCUT2D eigenvalue weighted by molar-refractivity contribution is 7.95. The Kier molecular flexibility index (Phi) is 9.26. The summed E-state index contributed by atoms with van der Waals surface area (Å²) in [5, 5.41) is 0. The van der Waals surface area contributed by atoms with Crippen LogP contribution in [0.4, 0.5) is 4.79 Å². The fraction of sp³-hybridized carbons (Fsp3) is 0.619. The maximum atomic E-state index is 12.7. The normalized spacial score (nSPS) is 14.2. The van der Waals surface area contributed by atoms with Gasteiger partial charge in [-0.1, -0.05) is 12.1 Å². The number of methoxy groups -OCH3 is 1. The largest absolute Gasteiger partial charge is 0.483 e. The first-order valence-corrected chi connectivity index (χ1v) is 10.8. The molecule has 0 radical (unpaired) electrons. The summed E-state index contributed by atoms with van der Waals surface area (Å²) in [5.41, 5.74) is 0.702. The Labute approximate surface area is 183 Å². The zero-order chi connectivity index (χ0) is 22.1. The molecule has 0 unspecified atom stereocenters. The van der Waals surface area contributed by atoms with E-state index in [1.165, 1.54) is 16.4 Å². The molecule has 1 aromatic rings. The third-order valence-electron chi connectivity index (χ3n) is 4.37. The van der Waals surface area contributed by atoms with Gasteiger partial charge in [0, 0.05) is 58.0 Å². The Morgan fingerprint density at radius 1 is 1.27 bits per heavy atom. The molecule has 0 aliphatic carbocycles. The number of nitrogens with zero attached hydrogens (tertiary/aromatic N) is 2. The number of carbonyl (C=O) groups excluding carboxylic acids is 2. The number of ether oxygens (including phenoxy) is 4. The summed E-state index contributed by atoms with van der Waals surface area (Å²) in [4.78, 5) is 24.4. The lowest BCUT2D eigenvalue weighted by Crippen LogP contribution is -2.32. The average molecular weight is 441 g/mol. The molecule has 1 heterocycles. The van der Waals surface area contributed by atoms with E-state index < -0.39 is 6.09 Å². The van der Waals surface area contributed by atoms with Crippen LogP contribution in [-0.2, 0) is 20.7 Å². The van der Waals surface area contributed by atoms with Gasteiger partial charge in [0.15, 0.2) is 11.5 Å². The van der Waals surface area contributed by atoms with Crippen molar-refractivity contribution >= 4 is 24.2 Å². The van der Waals surface area contributed by atoms with Crippen LogP contribution in [0.15, 0.2) is 18.2 Å². The second kappa shape index (κ2) is 11.4. The van der Waals surface area contributed by atoms with Crippen molar-refractivity contribution in [3.63, 3.8) is 0 Å². The molecule has 8 nitrogen and oxygen atoms in total. The van der Waals surface area contributed by atoms with Crippen LogP contribution in [0.25, 0.3) is 0 Å². The fourth-order valence-corrected chi connectivity index (χ4v) is 3.89. The van der Waals surface area contributed by atoms with Gasteiger partial charge in [-0.3, -0.25) is 4.79 Å². The third kappa shape index (κ3) is 7.37. The Morgan fingerprint density at radius 3 is 2.73 bits per heavy atom. The number of amides is 1. The van der Waals surface area contributed by atoms with Crippen LogP contribution < -0.4 is 9.47 Å². The van der Waals surface area contributed by atoms with Gasteiger partial charge in [0.05, 0.1) is 13.0 Å². The van der Waals surface area contributed by atoms with Crippen molar-refractivity contribution in [2.24, 2.45) is 0 Å². The predicted octanol–water partition coefficient (Wildman–Crippen LogP) is 3.69. The maximum absolute atomic E-state index is 12.7. The average Bonchev–Trinajstić information content (AvgIpc) is 3.01. The van der Waals surface area contributed by atoms with Crippen molar-refractivity contribution in [2.75, 3.05) is 40.5 Å². The van der Waals surface area contributed by atoms with Gasteiger partial charge in [-0.25, -0.2) is 13.4 Å². The molecule has 0 fully saturated rings. The van der Waals surface area contributed by atoms with E-state index in [2.05, 4.69) is 0 Å². The molecule has 0 bridgehead atoms. The van der Waals surface area contributed by atoms with E-state index in [4.69, 9.17) is 18.9 Å². The number of esters is 1. The van der Waals surface area contributed by atoms with Crippen LogP contribution >= 0.6 is 12.1 Å². The third-order valence-corrected chi connectivity index (χ3v) is 5.36. The van der Waals surface area contributed by atoms with Crippen molar-refractivity contribution in [1.29, 1.82) is 0 Å². The lowest BCUT2D eigenvalue weighted by atomic mass is 10.0. The molecule has 1 aliphatic rings. The van der Waals surface area contributed by atoms with Crippen molar-refractivity contribution in [3.05, 3.63) is 23.8 Å². The van der Waals surface area contributed by atoms with Crippen LogP contribution in [0.1, 0.15) is 39.2 Å². The van der Waals surface area contributed by atoms with Crippen LogP contribution in [0, 0.1) is 0 Å². The van der Waals surface area contributed by atoms with Crippen molar-refractivity contribution in [1.82, 2.24) is 8.61 Å². The smallest absolute Gasteiger partial charge is 0.426 e. The van der Waals surface area contributed by atoms with Gasteiger partial charge < -0.3 is 18.9 Å². The van der Waals surface area contributed by atoms with Crippen molar-refractivity contribution in [2.45, 2.75) is 45.6 Å². The number of rotatable bonds is 11. The monoisotopic (exact) mass is 440 g/mol.